The van der Waals surface area contributed by atoms with Gasteiger partial charge in [-0.1, -0.05) is 6.07 Å². The van der Waals surface area contributed by atoms with Crippen molar-refractivity contribution in [3.05, 3.63) is 40.4 Å². The molecule has 2 aromatic heterocycles. The molecule has 0 atom stereocenters. The highest BCUT2D eigenvalue weighted by atomic mass is 32.1. The molecule has 0 aliphatic heterocycles. The van der Waals surface area contributed by atoms with E-state index in [2.05, 4.69) is 9.72 Å². The number of hydrogen-bond acceptors (Lipinski definition) is 5. The molecule has 3 aromatic rings. The second kappa shape index (κ2) is 4.06. The Labute approximate surface area is 110 Å². The van der Waals surface area contributed by atoms with E-state index >= 15 is 0 Å². The van der Waals surface area contributed by atoms with Gasteiger partial charge < -0.3 is 9.84 Å². The molecule has 0 saturated carbocycles. The lowest BCUT2D eigenvalue weighted by Crippen LogP contribution is -2.16. The maximum absolute atomic E-state index is 11.8. The number of ether oxygens (including phenoxy) is 1. The lowest BCUT2D eigenvalue weighted by atomic mass is 10.2. The molecule has 0 spiro atoms. The average Bonchev–Trinajstić information content (AvgIpc) is 2.71. The minimum absolute atomic E-state index is 0.0611. The molecule has 0 amide bonds. The fourth-order valence-electron chi connectivity index (χ4n) is 1.89. The molecule has 1 N–H and O–H groups in total. The largest absolute Gasteiger partial charge is 0.511 e. The number of rotatable bonds is 1. The molecule has 0 radical (unpaired) electrons. The van der Waals surface area contributed by atoms with E-state index < -0.39 is 11.8 Å². The second-order valence-electron chi connectivity index (χ2n) is 3.99. The first kappa shape index (κ1) is 11.7. The van der Waals surface area contributed by atoms with Crippen LogP contribution in [0.2, 0.25) is 0 Å². The zero-order valence-corrected chi connectivity index (χ0v) is 10.6. The van der Waals surface area contributed by atoms with Crippen LogP contribution in [0.4, 0.5) is 4.79 Å². The Bertz CT molecular complexity index is 865. The fraction of sp³-hybridized carbons (Fsp3) is 0.0833. The highest BCUT2D eigenvalue weighted by molar-refractivity contribution is 7.24. The smallest absolute Gasteiger partial charge is 0.449 e. The van der Waals surface area contributed by atoms with Gasteiger partial charge in [-0.2, -0.15) is 4.98 Å². The van der Waals surface area contributed by atoms with Crippen LogP contribution in [0.3, 0.4) is 0 Å². The van der Waals surface area contributed by atoms with Crippen LogP contribution in [0.25, 0.3) is 15.0 Å². The van der Waals surface area contributed by atoms with Gasteiger partial charge in [0.1, 0.15) is 4.83 Å². The monoisotopic (exact) mass is 276 g/mol. The molecule has 7 heteroatoms. The van der Waals surface area contributed by atoms with Gasteiger partial charge in [0.05, 0.1) is 16.4 Å². The summed E-state index contributed by atoms with van der Waals surface area (Å²) in [6, 6.07) is 5.62. The Hall–Kier alpha value is -2.41. The molecule has 0 unspecified atom stereocenters. The Morgan fingerprint density at radius 2 is 2.26 bits per heavy atom. The van der Waals surface area contributed by atoms with Crippen molar-refractivity contribution in [2.24, 2.45) is 0 Å². The van der Waals surface area contributed by atoms with Crippen LogP contribution >= 0.6 is 11.3 Å². The third-order valence-corrected chi connectivity index (χ3v) is 3.78. The zero-order chi connectivity index (χ0) is 13.6. The highest BCUT2D eigenvalue weighted by Gasteiger charge is 2.14. The summed E-state index contributed by atoms with van der Waals surface area (Å²) in [5, 5.41) is 8.68. The number of carbonyl (C=O) groups is 1. The third kappa shape index (κ3) is 1.84. The number of carboxylic acid groups (broad SMARTS) is 1. The van der Waals surface area contributed by atoms with E-state index in [1.165, 1.54) is 15.7 Å². The molecule has 0 fully saturated rings. The van der Waals surface area contributed by atoms with Crippen LogP contribution < -0.4 is 10.4 Å². The van der Waals surface area contributed by atoms with Crippen molar-refractivity contribution in [2.75, 3.05) is 0 Å². The number of nitrogens with zero attached hydrogens (tertiary/aromatic N) is 2. The van der Waals surface area contributed by atoms with Gasteiger partial charge in [-0.3, -0.25) is 0 Å². The molecule has 96 valence electrons. The minimum atomic E-state index is -1.43. The number of fused-ring (bicyclic) bond motifs is 3. The summed E-state index contributed by atoms with van der Waals surface area (Å²) in [5.41, 5.74) is 1.29. The Kier molecular flexibility index (Phi) is 2.49. The van der Waals surface area contributed by atoms with Crippen LogP contribution in [-0.2, 0) is 0 Å². The van der Waals surface area contributed by atoms with Crippen LogP contribution in [0.1, 0.15) is 5.56 Å². The normalized spacial score (nSPS) is 11.0. The molecule has 0 aliphatic carbocycles. The quantitative estimate of drug-likeness (QED) is 0.689. The third-order valence-electron chi connectivity index (χ3n) is 2.66. The molecule has 0 bridgehead atoms. The molecule has 2 heterocycles. The van der Waals surface area contributed by atoms with E-state index in [9.17, 15) is 9.59 Å². The zero-order valence-electron chi connectivity index (χ0n) is 9.78. The predicted octanol–water partition coefficient (Wildman–Crippen LogP) is 2.27. The molecule has 6 nitrogen and oxygen atoms in total. The van der Waals surface area contributed by atoms with E-state index in [0.717, 1.165) is 16.5 Å². The van der Waals surface area contributed by atoms with E-state index in [1.807, 2.05) is 25.1 Å². The summed E-state index contributed by atoms with van der Waals surface area (Å²) in [4.78, 5) is 26.5. The Morgan fingerprint density at radius 3 is 3.00 bits per heavy atom. The van der Waals surface area contributed by atoms with E-state index in [1.54, 1.807) is 0 Å². The van der Waals surface area contributed by atoms with Crippen molar-refractivity contribution >= 4 is 32.5 Å². The number of aryl methyl sites for hydroxylation is 1. The second-order valence-corrected chi connectivity index (χ2v) is 5.02. The van der Waals surface area contributed by atoms with Gasteiger partial charge in [-0.25, -0.2) is 14.0 Å². The summed E-state index contributed by atoms with van der Waals surface area (Å²) in [7, 11) is 0. The van der Waals surface area contributed by atoms with Crippen molar-refractivity contribution in [3.8, 4) is 5.75 Å². The van der Waals surface area contributed by atoms with Crippen molar-refractivity contribution in [3.63, 3.8) is 0 Å². The SMILES string of the molecule is Cc1ccc2c(c1)sc1c(OC(=O)O)cnc(=O)n12. The molecule has 19 heavy (non-hydrogen) atoms. The van der Waals surface area contributed by atoms with Crippen molar-refractivity contribution < 1.29 is 14.6 Å². The van der Waals surface area contributed by atoms with E-state index in [-0.39, 0.29) is 5.75 Å². The number of benzene rings is 1. The molecule has 3 rings (SSSR count). The van der Waals surface area contributed by atoms with Crippen LogP contribution in [0.5, 0.6) is 5.75 Å². The number of aromatic nitrogens is 2. The maximum Gasteiger partial charge on any atom is 0.511 e. The molecule has 0 aliphatic rings. The lowest BCUT2D eigenvalue weighted by Gasteiger charge is -2.00. The average molecular weight is 276 g/mol. The summed E-state index contributed by atoms with van der Waals surface area (Å²) in [6.07, 6.45) is -0.301. The summed E-state index contributed by atoms with van der Waals surface area (Å²) >= 11 is 1.29. The summed E-state index contributed by atoms with van der Waals surface area (Å²) in [6.45, 7) is 1.94. The standard InChI is InChI=1S/C12H8N2O4S/c1-6-2-3-7-9(4-6)19-10-8(18-12(16)17)5-13-11(15)14(7)10/h2-5H,1H3,(H,16,17). The van der Waals surface area contributed by atoms with Crippen molar-refractivity contribution in [2.45, 2.75) is 6.92 Å². The topological polar surface area (TPSA) is 80.9 Å². The van der Waals surface area contributed by atoms with Crippen LogP contribution in [0, 0.1) is 6.92 Å². The fourth-order valence-corrected chi connectivity index (χ4v) is 3.07. The Balaban J connectivity index is 2.44. The van der Waals surface area contributed by atoms with Gasteiger partial charge in [0, 0.05) is 0 Å². The molecule has 0 saturated heterocycles. The van der Waals surface area contributed by atoms with Gasteiger partial charge in [0.2, 0.25) is 0 Å². The minimum Gasteiger partial charge on any atom is -0.449 e. The molecular weight excluding hydrogens is 268 g/mol. The lowest BCUT2D eigenvalue weighted by molar-refractivity contribution is 0.145. The van der Waals surface area contributed by atoms with Gasteiger partial charge in [-0.15, -0.1) is 11.3 Å². The van der Waals surface area contributed by atoms with Crippen molar-refractivity contribution in [1.82, 2.24) is 9.38 Å². The summed E-state index contributed by atoms with van der Waals surface area (Å²) < 4.78 is 6.88. The molecule has 1 aromatic carbocycles. The first-order chi connectivity index (χ1) is 9.06. The van der Waals surface area contributed by atoms with E-state index in [4.69, 9.17) is 5.11 Å². The maximum atomic E-state index is 11.8. The van der Waals surface area contributed by atoms with Gasteiger partial charge in [-0.05, 0) is 24.6 Å². The predicted molar refractivity (Wildman–Crippen MR) is 70.2 cm³/mol. The van der Waals surface area contributed by atoms with Crippen LogP contribution in [-0.4, -0.2) is 20.6 Å². The first-order valence-electron chi connectivity index (χ1n) is 5.38. The van der Waals surface area contributed by atoms with Gasteiger partial charge in [0.25, 0.3) is 0 Å². The Morgan fingerprint density at radius 1 is 1.47 bits per heavy atom. The van der Waals surface area contributed by atoms with Gasteiger partial charge in [0.15, 0.2) is 5.75 Å². The summed E-state index contributed by atoms with van der Waals surface area (Å²) in [5.74, 6) is 0.0611. The van der Waals surface area contributed by atoms with Crippen molar-refractivity contribution in [1.29, 1.82) is 0 Å². The highest BCUT2D eigenvalue weighted by Crippen LogP contribution is 2.31. The van der Waals surface area contributed by atoms with Gasteiger partial charge >= 0.3 is 11.8 Å². The van der Waals surface area contributed by atoms with E-state index in [0.29, 0.717) is 10.3 Å². The first-order valence-corrected chi connectivity index (χ1v) is 6.19. The number of thiazole rings is 1. The number of hydrogen-bond donors (Lipinski definition) is 1. The molecular formula is C12H8N2O4S. The van der Waals surface area contributed by atoms with Crippen LogP contribution in [0.15, 0.2) is 29.2 Å².